The predicted molar refractivity (Wildman–Crippen MR) is 77.2 cm³/mol. The van der Waals surface area contributed by atoms with E-state index in [9.17, 15) is 15.0 Å². The molecule has 21 heavy (non-hydrogen) atoms. The lowest BCUT2D eigenvalue weighted by atomic mass is 9.88. The molecule has 5 atom stereocenters. The first-order valence-corrected chi connectivity index (χ1v) is 6.59. The molecule has 1 rings (SSSR count). The van der Waals surface area contributed by atoms with Gasteiger partial charge in [0.15, 0.2) is 0 Å². The number of aliphatic carboxylic acids is 1. The van der Waals surface area contributed by atoms with Gasteiger partial charge in [-0.15, -0.1) is 0 Å². The molecular formula is C12H18N2O6S. The van der Waals surface area contributed by atoms with E-state index in [0.29, 0.717) is 4.99 Å². The number of carboxylic acids is 1. The summed E-state index contributed by atoms with van der Waals surface area (Å²) in [6.07, 6.45) is -2.03. The molecule has 6 N–H and O–H groups in total. The molecule has 1 heterocycles. The molecule has 5 unspecified atom stereocenters. The van der Waals surface area contributed by atoms with Crippen molar-refractivity contribution in [2.75, 3.05) is 6.61 Å². The first kappa shape index (κ1) is 17.5. The Morgan fingerprint density at radius 1 is 1.62 bits per heavy atom. The first-order valence-electron chi connectivity index (χ1n) is 6.18. The zero-order valence-corrected chi connectivity index (χ0v) is 12.1. The van der Waals surface area contributed by atoms with Gasteiger partial charge in [0.2, 0.25) is 5.76 Å². The average molecular weight is 318 g/mol. The van der Waals surface area contributed by atoms with Crippen molar-refractivity contribution in [3.63, 3.8) is 0 Å². The highest BCUT2D eigenvalue weighted by Gasteiger charge is 2.42. The largest absolute Gasteiger partial charge is 0.478 e. The third-order valence-electron chi connectivity index (χ3n) is 3.07. The van der Waals surface area contributed by atoms with Gasteiger partial charge in [-0.25, -0.2) is 4.79 Å². The standard InChI is InChI=1S/C12H18N2O6S/c1-5(21)14-9-6(3-13)2-8(12(18)19)20-11(9)10(17)7(16)4-15/h2-3,6-7,9-11,13,15-17H,4H2,1H3,(H,14,21)(H,18,19). The van der Waals surface area contributed by atoms with E-state index in [0.717, 1.165) is 6.21 Å². The van der Waals surface area contributed by atoms with Crippen LogP contribution in [-0.2, 0) is 9.53 Å². The van der Waals surface area contributed by atoms with Crippen molar-refractivity contribution in [1.82, 2.24) is 5.32 Å². The summed E-state index contributed by atoms with van der Waals surface area (Å²) < 4.78 is 5.19. The number of aliphatic hydroxyl groups excluding tert-OH is 3. The fourth-order valence-corrected chi connectivity index (χ4v) is 2.19. The molecule has 1 aliphatic rings. The van der Waals surface area contributed by atoms with Crippen LogP contribution in [0.3, 0.4) is 0 Å². The van der Waals surface area contributed by atoms with E-state index < -0.39 is 48.6 Å². The van der Waals surface area contributed by atoms with Gasteiger partial charge in [0.05, 0.1) is 17.6 Å². The summed E-state index contributed by atoms with van der Waals surface area (Å²) >= 11 is 4.92. The van der Waals surface area contributed by atoms with E-state index in [1.54, 1.807) is 6.92 Å². The maximum Gasteiger partial charge on any atom is 0.370 e. The van der Waals surface area contributed by atoms with Gasteiger partial charge in [-0.05, 0) is 13.0 Å². The number of hydrogen-bond donors (Lipinski definition) is 6. The van der Waals surface area contributed by atoms with Crippen molar-refractivity contribution in [2.45, 2.75) is 31.3 Å². The number of thiocarbonyl (C=S) groups is 1. The lowest BCUT2D eigenvalue weighted by Gasteiger charge is -2.39. The third kappa shape index (κ3) is 4.21. The highest BCUT2D eigenvalue weighted by molar-refractivity contribution is 7.80. The second kappa shape index (κ2) is 7.46. The quantitative estimate of drug-likeness (QED) is 0.260. The number of nitrogens with one attached hydrogen (secondary N) is 2. The van der Waals surface area contributed by atoms with Crippen LogP contribution in [0.2, 0.25) is 0 Å². The Labute approximate surface area is 126 Å². The lowest BCUT2D eigenvalue weighted by Crippen LogP contribution is -2.58. The van der Waals surface area contributed by atoms with Crippen LogP contribution in [0, 0.1) is 11.3 Å². The summed E-state index contributed by atoms with van der Waals surface area (Å²) in [7, 11) is 0. The van der Waals surface area contributed by atoms with Gasteiger partial charge in [0, 0.05) is 12.1 Å². The van der Waals surface area contributed by atoms with Crippen LogP contribution >= 0.6 is 12.2 Å². The predicted octanol–water partition coefficient (Wildman–Crippen LogP) is -1.36. The second-order valence-corrected chi connectivity index (χ2v) is 5.24. The van der Waals surface area contributed by atoms with Crippen LogP contribution < -0.4 is 5.32 Å². The summed E-state index contributed by atoms with van der Waals surface area (Å²) in [6, 6.07) is -0.737. The topological polar surface area (TPSA) is 143 Å². The van der Waals surface area contributed by atoms with Crippen molar-refractivity contribution in [2.24, 2.45) is 5.92 Å². The number of hydrogen-bond acceptors (Lipinski definition) is 7. The molecule has 0 spiro atoms. The molecule has 118 valence electrons. The Kier molecular flexibility index (Phi) is 6.21. The molecule has 0 bridgehead atoms. The second-order valence-electron chi connectivity index (χ2n) is 4.63. The van der Waals surface area contributed by atoms with Gasteiger partial charge >= 0.3 is 5.97 Å². The molecular weight excluding hydrogens is 300 g/mol. The molecule has 8 nitrogen and oxygen atoms in total. The number of aliphatic hydroxyl groups is 3. The molecule has 0 aromatic rings. The normalized spacial score (nSPS) is 27.8. The molecule has 1 aliphatic heterocycles. The van der Waals surface area contributed by atoms with E-state index in [-0.39, 0.29) is 0 Å². The minimum atomic E-state index is -1.55. The van der Waals surface area contributed by atoms with Gasteiger partial charge in [-0.3, -0.25) is 0 Å². The minimum absolute atomic E-state index is 0.360. The summed E-state index contributed by atoms with van der Waals surface area (Å²) in [6.45, 7) is 0.865. The van der Waals surface area contributed by atoms with E-state index in [4.69, 9.17) is 32.6 Å². The zero-order chi connectivity index (χ0) is 16.2. The summed E-state index contributed by atoms with van der Waals surface area (Å²) in [5.74, 6) is -2.49. The molecule has 0 saturated carbocycles. The number of carboxylic acid groups (broad SMARTS) is 1. The Balaban J connectivity index is 3.15. The maximum absolute atomic E-state index is 11.0. The molecule has 0 radical (unpaired) electrons. The fraction of sp³-hybridized carbons (Fsp3) is 0.583. The minimum Gasteiger partial charge on any atom is -0.478 e. The van der Waals surface area contributed by atoms with Gasteiger partial charge < -0.3 is 35.9 Å². The van der Waals surface area contributed by atoms with Gasteiger partial charge in [0.1, 0.15) is 18.3 Å². The van der Waals surface area contributed by atoms with Gasteiger partial charge in [0.25, 0.3) is 0 Å². The van der Waals surface area contributed by atoms with Crippen LogP contribution in [0.15, 0.2) is 11.8 Å². The number of carbonyl (C=O) groups is 1. The van der Waals surface area contributed by atoms with Crippen LogP contribution in [0.1, 0.15) is 6.92 Å². The van der Waals surface area contributed by atoms with Crippen molar-refractivity contribution in [3.8, 4) is 0 Å². The Morgan fingerprint density at radius 3 is 2.67 bits per heavy atom. The molecule has 0 fully saturated rings. The lowest BCUT2D eigenvalue weighted by molar-refractivity contribution is -0.145. The van der Waals surface area contributed by atoms with Gasteiger partial charge in [-0.1, -0.05) is 12.2 Å². The maximum atomic E-state index is 11.0. The van der Waals surface area contributed by atoms with Crippen molar-refractivity contribution in [1.29, 1.82) is 5.41 Å². The monoisotopic (exact) mass is 318 g/mol. The van der Waals surface area contributed by atoms with Crippen LogP contribution in [0.4, 0.5) is 0 Å². The average Bonchev–Trinajstić information content (AvgIpc) is 2.44. The van der Waals surface area contributed by atoms with Crippen LogP contribution in [-0.4, -0.2) is 68.6 Å². The Hall–Kier alpha value is -1.55. The van der Waals surface area contributed by atoms with Crippen molar-refractivity contribution in [3.05, 3.63) is 11.8 Å². The Morgan fingerprint density at radius 2 is 2.24 bits per heavy atom. The third-order valence-corrected chi connectivity index (χ3v) is 3.18. The molecule has 0 aromatic heterocycles. The van der Waals surface area contributed by atoms with Crippen LogP contribution in [0.5, 0.6) is 0 Å². The number of ether oxygens (including phenoxy) is 1. The highest BCUT2D eigenvalue weighted by Crippen LogP contribution is 2.25. The van der Waals surface area contributed by atoms with Crippen LogP contribution in [0.25, 0.3) is 0 Å². The highest BCUT2D eigenvalue weighted by atomic mass is 32.1. The van der Waals surface area contributed by atoms with E-state index >= 15 is 0 Å². The van der Waals surface area contributed by atoms with Crippen molar-refractivity contribution < 1.29 is 30.0 Å². The summed E-state index contributed by atoms with van der Waals surface area (Å²) in [5, 5.41) is 47.7. The summed E-state index contributed by atoms with van der Waals surface area (Å²) in [4.78, 5) is 11.4. The van der Waals surface area contributed by atoms with E-state index in [2.05, 4.69) is 5.32 Å². The zero-order valence-electron chi connectivity index (χ0n) is 11.3. The smallest absolute Gasteiger partial charge is 0.370 e. The van der Waals surface area contributed by atoms with Crippen molar-refractivity contribution >= 4 is 29.4 Å². The van der Waals surface area contributed by atoms with E-state index in [1.807, 2.05) is 0 Å². The number of rotatable bonds is 6. The molecule has 0 aliphatic carbocycles. The molecule has 9 heteroatoms. The summed E-state index contributed by atoms with van der Waals surface area (Å²) in [5.41, 5.74) is 0. The first-order chi connectivity index (χ1) is 9.81. The fourth-order valence-electron chi connectivity index (χ4n) is 2.05. The molecule has 0 saturated heterocycles. The van der Waals surface area contributed by atoms with Gasteiger partial charge in [-0.2, -0.15) is 0 Å². The SMILES string of the molecule is CC(=S)NC1C(C=N)C=C(C(=O)O)OC1C(O)C(O)CO. The Bertz CT molecular complexity index is 455. The van der Waals surface area contributed by atoms with E-state index in [1.165, 1.54) is 6.08 Å². The molecule has 0 aromatic carbocycles. The molecule has 0 amide bonds.